The van der Waals surface area contributed by atoms with Crippen molar-refractivity contribution in [2.24, 2.45) is 0 Å². The first-order chi connectivity index (χ1) is 7.15. The fourth-order valence-corrected chi connectivity index (χ4v) is 2.40. The minimum Gasteiger partial charge on any atom is -0.309 e. The van der Waals surface area contributed by atoms with Crippen LogP contribution in [-0.4, -0.2) is 61.7 Å². The zero-order chi connectivity index (χ0) is 11.3. The molecule has 1 saturated heterocycles. The van der Waals surface area contributed by atoms with E-state index < -0.39 is 0 Å². The van der Waals surface area contributed by atoms with Crippen LogP contribution in [0.15, 0.2) is 0 Å². The molecule has 0 saturated carbocycles. The van der Waals surface area contributed by atoms with Crippen molar-refractivity contribution in [3.63, 3.8) is 0 Å². The first-order valence-corrected chi connectivity index (χ1v) is 6.32. The van der Waals surface area contributed by atoms with E-state index in [-0.39, 0.29) is 0 Å². The molecule has 1 N–H and O–H groups in total. The Balaban J connectivity index is 2.20. The summed E-state index contributed by atoms with van der Waals surface area (Å²) in [5, 5.41) is 3.73. The minimum absolute atomic E-state index is 0.612. The Labute approximate surface area is 94.8 Å². The first kappa shape index (κ1) is 12.9. The fourth-order valence-electron chi connectivity index (χ4n) is 2.40. The molecule has 3 heteroatoms. The van der Waals surface area contributed by atoms with Gasteiger partial charge in [0.05, 0.1) is 0 Å². The van der Waals surface area contributed by atoms with Crippen LogP contribution >= 0.6 is 0 Å². The Morgan fingerprint density at radius 3 is 2.53 bits per heavy atom. The van der Waals surface area contributed by atoms with Gasteiger partial charge in [0.15, 0.2) is 0 Å². The highest BCUT2D eigenvalue weighted by molar-refractivity contribution is 4.81. The van der Waals surface area contributed by atoms with Crippen LogP contribution in [-0.2, 0) is 0 Å². The van der Waals surface area contributed by atoms with Crippen molar-refractivity contribution in [1.29, 1.82) is 0 Å². The van der Waals surface area contributed by atoms with Crippen LogP contribution in [0.25, 0.3) is 0 Å². The largest absolute Gasteiger partial charge is 0.309 e. The normalized spacial score (nSPS) is 25.0. The van der Waals surface area contributed by atoms with E-state index in [2.05, 4.69) is 42.9 Å². The number of nitrogens with zero attached hydrogens (tertiary/aromatic N) is 2. The summed E-state index contributed by atoms with van der Waals surface area (Å²) in [6.07, 6.45) is 1.30. The van der Waals surface area contributed by atoms with Gasteiger partial charge in [-0.3, -0.25) is 0 Å². The first-order valence-electron chi connectivity index (χ1n) is 6.32. The van der Waals surface area contributed by atoms with E-state index in [1.54, 1.807) is 0 Å². The number of nitrogens with one attached hydrogen (secondary N) is 1. The maximum atomic E-state index is 3.73. The van der Waals surface area contributed by atoms with Crippen molar-refractivity contribution >= 4 is 0 Å². The van der Waals surface area contributed by atoms with Crippen molar-refractivity contribution < 1.29 is 0 Å². The van der Waals surface area contributed by atoms with Gasteiger partial charge in [0.1, 0.15) is 0 Å². The van der Waals surface area contributed by atoms with Crippen molar-refractivity contribution in [3.8, 4) is 0 Å². The highest BCUT2D eigenvalue weighted by Gasteiger charge is 2.20. The van der Waals surface area contributed by atoms with Gasteiger partial charge in [-0.1, -0.05) is 13.8 Å². The molecule has 0 aromatic rings. The van der Waals surface area contributed by atoms with Crippen LogP contribution in [0.3, 0.4) is 0 Å². The van der Waals surface area contributed by atoms with Gasteiger partial charge < -0.3 is 15.1 Å². The summed E-state index contributed by atoms with van der Waals surface area (Å²) < 4.78 is 0. The van der Waals surface area contributed by atoms with Crippen molar-refractivity contribution in [2.75, 3.05) is 39.8 Å². The predicted octanol–water partition coefficient (Wildman–Crippen LogP) is 1.01. The van der Waals surface area contributed by atoms with Gasteiger partial charge in [0, 0.05) is 25.2 Å². The van der Waals surface area contributed by atoms with Gasteiger partial charge in [-0.05, 0) is 40.0 Å². The molecular formula is C12H27N3. The quantitative estimate of drug-likeness (QED) is 0.710. The maximum absolute atomic E-state index is 3.73. The molecule has 15 heavy (non-hydrogen) atoms. The van der Waals surface area contributed by atoms with Gasteiger partial charge in [-0.25, -0.2) is 0 Å². The zero-order valence-electron chi connectivity index (χ0n) is 10.8. The van der Waals surface area contributed by atoms with E-state index in [1.807, 2.05) is 0 Å². The second-order valence-corrected chi connectivity index (χ2v) is 4.80. The zero-order valence-corrected chi connectivity index (χ0v) is 10.8. The topological polar surface area (TPSA) is 18.5 Å². The summed E-state index contributed by atoms with van der Waals surface area (Å²) in [6, 6.07) is 1.32. The molecule has 0 aromatic heterocycles. The summed E-state index contributed by atoms with van der Waals surface area (Å²) in [5.41, 5.74) is 0. The van der Waals surface area contributed by atoms with E-state index in [9.17, 15) is 0 Å². The molecule has 0 bridgehead atoms. The van der Waals surface area contributed by atoms with Crippen LogP contribution in [0.5, 0.6) is 0 Å². The molecule has 0 radical (unpaired) electrons. The van der Waals surface area contributed by atoms with E-state index in [0.29, 0.717) is 12.1 Å². The average Bonchev–Trinajstić information content (AvgIpc) is 2.60. The third-order valence-electron chi connectivity index (χ3n) is 3.34. The minimum atomic E-state index is 0.612. The Morgan fingerprint density at radius 1 is 1.40 bits per heavy atom. The maximum Gasteiger partial charge on any atom is 0.0210 e. The van der Waals surface area contributed by atoms with Gasteiger partial charge in [0.2, 0.25) is 0 Å². The van der Waals surface area contributed by atoms with Crippen LogP contribution in [0, 0.1) is 0 Å². The molecule has 1 rings (SSSR count). The van der Waals surface area contributed by atoms with Crippen LogP contribution < -0.4 is 5.32 Å². The Kier molecular flexibility index (Phi) is 5.58. The average molecular weight is 213 g/mol. The summed E-state index contributed by atoms with van der Waals surface area (Å²) in [4.78, 5) is 4.89. The Bertz CT molecular complexity index is 168. The summed E-state index contributed by atoms with van der Waals surface area (Å²) >= 11 is 0. The number of hydrogen-bond acceptors (Lipinski definition) is 3. The molecule has 0 spiro atoms. The van der Waals surface area contributed by atoms with Crippen molar-refractivity contribution in [2.45, 2.75) is 39.3 Å². The molecule has 2 atom stereocenters. The Morgan fingerprint density at radius 2 is 2.07 bits per heavy atom. The lowest BCUT2D eigenvalue weighted by atomic mass is 10.2. The van der Waals surface area contributed by atoms with Gasteiger partial charge >= 0.3 is 0 Å². The lowest BCUT2D eigenvalue weighted by Crippen LogP contribution is -2.44. The van der Waals surface area contributed by atoms with Gasteiger partial charge in [-0.15, -0.1) is 0 Å². The second-order valence-electron chi connectivity index (χ2n) is 4.80. The van der Waals surface area contributed by atoms with Crippen LogP contribution in [0.1, 0.15) is 27.2 Å². The van der Waals surface area contributed by atoms with E-state index in [1.165, 1.54) is 26.1 Å². The second kappa shape index (κ2) is 6.46. The highest BCUT2D eigenvalue weighted by atomic mass is 15.2. The molecule has 1 heterocycles. The SMILES string of the molecule is CCN(CC)CC(C)NC1CCN(C)C1. The summed E-state index contributed by atoms with van der Waals surface area (Å²) in [5.74, 6) is 0. The standard InChI is InChI=1S/C12H27N3/c1-5-15(6-2)9-11(3)13-12-7-8-14(4)10-12/h11-13H,5-10H2,1-4H3. The predicted molar refractivity (Wildman–Crippen MR) is 66.3 cm³/mol. The molecule has 1 aliphatic rings. The molecule has 0 aromatic carbocycles. The molecular weight excluding hydrogens is 186 g/mol. The molecule has 0 amide bonds. The van der Waals surface area contributed by atoms with Gasteiger partial charge in [0.25, 0.3) is 0 Å². The lowest BCUT2D eigenvalue weighted by Gasteiger charge is -2.25. The fraction of sp³-hybridized carbons (Fsp3) is 1.00. The van der Waals surface area contributed by atoms with E-state index in [0.717, 1.165) is 13.1 Å². The molecule has 90 valence electrons. The molecule has 3 nitrogen and oxygen atoms in total. The van der Waals surface area contributed by atoms with Crippen molar-refractivity contribution in [3.05, 3.63) is 0 Å². The summed E-state index contributed by atoms with van der Waals surface area (Å²) in [6.45, 7) is 12.7. The summed E-state index contributed by atoms with van der Waals surface area (Å²) in [7, 11) is 2.21. The van der Waals surface area contributed by atoms with Crippen LogP contribution in [0.2, 0.25) is 0 Å². The number of hydrogen-bond donors (Lipinski definition) is 1. The smallest absolute Gasteiger partial charge is 0.0210 e. The molecule has 1 fully saturated rings. The third kappa shape index (κ3) is 4.49. The van der Waals surface area contributed by atoms with E-state index in [4.69, 9.17) is 0 Å². The lowest BCUT2D eigenvalue weighted by molar-refractivity contribution is 0.260. The number of likely N-dealkylation sites (tertiary alicyclic amines) is 1. The highest BCUT2D eigenvalue weighted by Crippen LogP contribution is 2.07. The van der Waals surface area contributed by atoms with E-state index >= 15 is 0 Å². The molecule has 0 aliphatic carbocycles. The monoisotopic (exact) mass is 213 g/mol. The Hall–Kier alpha value is -0.120. The van der Waals surface area contributed by atoms with Crippen molar-refractivity contribution in [1.82, 2.24) is 15.1 Å². The van der Waals surface area contributed by atoms with Gasteiger partial charge in [-0.2, -0.15) is 0 Å². The molecule has 1 aliphatic heterocycles. The number of likely N-dealkylation sites (N-methyl/N-ethyl adjacent to an activating group) is 2. The molecule has 2 unspecified atom stereocenters. The third-order valence-corrected chi connectivity index (χ3v) is 3.34. The number of rotatable bonds is 6. The van der Waals surface area contributed by atoms with Crippen LogP contribution in [0.4, 0.5) is 0 Å².